The highest BCUT2D eigenvalue weighted by molar-refractivity contribution is 6.31. The molecule has 0 saturated carbocycles. The van der Waals surface area contributed by atoms with Crippen molar-refractivity contribution in [3.63, 3.8) is 0 Å². The second-order valence-corrected chi connectivity index (χ2v) is 8.74. The third-order valence-corrected chi connectivity index (χ3v) is 6.47. The van der Waals surface area contributed by atoms with Gasteiger partial charge in [-0.1, -0.05) is 48.0 Å². The molecule has 0 radical (unpaired) electrons. The molecular weight excluding hydrogens is 438 g/mol. The number of carbonyl (C=O) groups excluding carboxylic acids is 1. The molecule has 1 aromatic heterocycles. The lowest BCUT2D eigenvalue weighted by Crippen LogP contribution is -2.29. The van der Waals surface area contributed by atoms with E-state index in [1.807, 2.05) is 68.4 Å². The minimum absolute atomic E-state index is 0.0827. The van der Waals surface area contributed by atoms with Gasteiger partial charge in [0.15, 0.2) is 5.43 Å². The molecular formula is C27H22ClNO4. The molecule has 1 unspecified atom stereocenters. The Morgan fingerprint density at radius 1 is 1.03 bits per heavy atom. The number of halogens is 1. The number of aryl methyl sites for hydroxylation is 2. The van der Waals surface area contributed by atoms with Gasteiger partial charge in [0.25, 0.3) is 5.91 Å². The first-order chi connectivity index (χ1) is 15.9. The van der Waals surface area contributed by atoms with E-state index in [1.165, 1.54) is 0 Å². The zero-order chi connectivity index (χ0) is 23.3. The second kappa shape index (κ2) is 8.09. The summed E-state index contributed by atoms with van der Waals surface area (Å²) < 4.78 is 11.5. The van der Waals surface area contributed by atoms with E-state index >= 15 is 0 Å². The monoisotopic (exact) mass is 459 g/mol. The zero-order valence-corrected chi connectivity index (χ0v) is 19.3. The van der Waals surface area contributed by atoms with Crippen molar-refractivity contribution in [2.75, 3.05) is 7.11 Å². The van der Waals surface area contributed by atoms with E-state index < -0.39 is 6.04 Å². The van der Waals surface area contributed by atoms with E-state index in [4.69, 9.17) is 20.8 Å². The maximum Gasteiger partial charge on any atom is 0.291 e. The number of rotatable bonds is 4. The maximum absolute atomic E-state index is 13.8. The zero-order valence-electron chi connectivity index (χ0n) is 18.5. The first-order valence-corrected chi connectivity index (χ1v) is 11.0. The Morgan fingerprint density at radius 2 is 1.82 bits per heavy atom. The highest BCUT2D eigenvalue weighted by Crippen LogP contribution is 2.40. The molecule has 0 bridgehead atoms. The van der Waals surface area contributed by atoms with Gasteiger partial charge in [-0.15, -0.1) is 0 Å². The van der Waals surface area contributed by atoms with Gasteiger partial charge in [0.05, 0.1) is 24.1 Å². The number of nitrogens with zero attached hydrogens (tertiary/aromatic N) is 1. The summed E-state index contributed by atoms with van der Waals surface area (Å²) in [5.74, 6) is 0.388. The Balaban J connectivity index is 1.77. The van der Waals surface area contributed by atoms with Crippen molar-refractivity contribution in [3.05, 3.63) is 109 Å². The van der Waals surface area contributed by atoms with Crippen LogP contribution in [0.2, 0.25) is 5.02 Å². The predicted molar refractivity (Wildman–Crippen MR) is 128 cm³/mol. The van der Waals surface area contributed by atoms with Gasteiger partial charge in [0, 0.05) is 11.6 Å². The summed E-state index contributed by atoms with van der Waals surface area (Å²) in [5, 5.41) is 1.04. The Labute approximate surface area is 196 Å². The third kappa shape index (κ3) is 3.49. The quantitative estimate of drug-likeness (QED) is 0.386. The van der Waals surface area contributed by atoms with Gasteiger partial charge < -0.3 is 14.1 Å². The van der Waals surface area contributed by atoms with Gasteiger partial charge in [0.2, 0.25) is 5.76 Å². The van der Waals surface area contributed by atoms with Crippen molar-refractivity contribution in [1.29, 1.82) is 0 Å². The molecule has 0 spiro atoms. The predicted octanol–water partition coefficient (Wildman–Crippen LogP) is 5.82. The molecule has 5 rings (SSSR count). The molecule has 2 heterocycles. The molecule has 166 valence electrons. The lowest BCUT2D eigenvalue weighted by Gasteiger charge is -2.26. The van der Waals surface area contributed by atoms with Crippen LogP contribution in [0.15, 0.2) is 69.9 Å². The van der Waals surface area contributed by atoms with Gasteiger partial charge in [-0.3, -0.25) is 9.59 Å². The first kappa shape index (κ1) is 21.3. The Morgan fingerprint density at radius 3 is 2.58 bits per heavy atom. The number of hydrogen-bond donors (Lipinski definition) is 0. The lowest BCUT2D eigenvalue weighted by molar-refractivity contribution is 0.0714. The van der Waals surface area contributed by atoms with Gasteiger partial charge in [-0.25, -0.2) is 0 Å². The summed E-state index contributed by atoms with van der Waals surface area (Å²) in [6.45, 7) is 4.05. The summed E-state index contributed by atoms with van der Waals surface area (Å²) in [6.07, 6.45) is 0. The minimum Gasteiger partial charge on any atom is -0.497 e. The molecule has 6 heteroatoms. The number of carbonyl (C=O) groups is 1. The average Bonchev–Trinajstić information content (AvgIpc) is 3.08. The molecule has 4 aromatic rings. The van der Waals surface area contributed by atoms with Crippen LogP contribution >= 0.6 is 11.6 Å². The molecule has 0 aliphatic carbocycles. The van der Waals surface area contributed by atoms with Crippen LogP contribution < -0.4 is 10.2 Å². The fourth-order valence-corrected chi connectivity index (χ4v) is 4.80. The van der Waals surface area contributed by atoms with Crippen molar-refractivity contribution >= 4 is 28.5 Å². The normalized spacial score (nSPS) is 15.2. The van der Waals surface area contributed by atoms with E-state index in [0.29, 0.717) is 27.3 Å². The van der Waals surface area contributed by atoms with Crippen molar-refractivity contribution in [2.45, 2.75) is 26.4 Å². The van der Waals surface area contributed by atoms with Crippen LogP contribution in [0.25, 0.3) is 11.0 Å². The molecule has 1 atom stereocenters. The van der Waals surface area contributed by atoms with Gasteiger partial charge >= 0.3 is 0 Å². The summed E-state index contributed by atoms with van der Waals surface area (Å²) in [4.78, 5) is 29.1. The number of hydrogen-bond acceptors (Lipinski definition) is 4. The van der Waals surface area contributed by atoms with Crippen LogP contribution in [0.5, 0.6) is 5.75 Å². The Bertz CT molecular complexity index is 1470. The van der Waals surface area contributed by atoms with Crippen LogP contribution in [-0.4, -0.2) is 17.9 Å². The first-order valence-electron chi connectivity index (χ1n) is 10.7. The SMILES string of the molecule is COc1cccc(C2c3c(oc4c(C)cc(C)cc4c3=O)C(=O)N2Cc2ccccc2Cl)c1. The molecule has 0 fully saturated rings. The van der Waals surface area contributed by atoms with E-state index in [9.17, 15) is 9.59 Å². The summed E-state index contributed by atoms with van der Waals surface area (Å²) in [5.41, 5.74) is 3.93. The third-order valence-electron chi connectivity index (χ3n) is 6.11. The summed E-state index contributed by atoms with van der Waals surface area (Å²) in [6, 6.07) is 17.9. The van der Waals surface area contributed by atoms with Crippen LogP contribution in [-0.2, 0) is 6.54 Å². The molecule has 33 heavy (non-hydrogen) atoms. The minimum atomic E-state index is -0.625. The highest BCUT2D eigenvalue weighted by Gasteiger charge is 2.43. The van der Waals surface area contributed by atoms with E-state index in [2.05, 4.69) is 0 Å². The number of methoxy groups -OCH3 is 1. The largest absolute Gasteiger partial charge is 0.497 e. The fraction of sp³-hybridized carbons (Fsp3) is 0.185. The molecule has 5 nitrogen and oxygen atoms in total. The van der Waals surface area contributed by atoms with Crippen LogP contribution in [0, 0.1) is 13.8 Å². The molecule has 3 aromatic carbocycles. The van der Waals surface area contributed by atoms with Gasteiger partial charge in [-0.05, 0) is 60.4 Å². The van der Waals surface area contributed by atoms with Crippen molar-refractivity contribution in [1.82, 2.24) is 4.90 Å². The highest BCUT2D eigenvalue weighted by atomic mass is 35.5. The molecule has 0 saturated heterocycles. The lowest BCUT2D eigenvalue weighted by atomic mass is 9.97. The van der Waals surface area contributed by atoms with Crippen molar-refractivity contribution in [2.24, 2.45) is 0 Å². The van der Waals surface area contributed by atoms with Crippen LogP contribution in [0.3, 0.4) is 0 Å². The van der Waals surface area contributed by atoms with E-state index in [-0.39, 0.29) is 23.6 Å². The Hall–Kier alpha value is -3.57. The van der Waals surface area contributed by atoms with Crippen LogP contribution in [0.1, 0.15) is 44.4 Å². The number of ether oxygens (including phenoxy) is 1. The van der Waals surface area contributed by atoms with E-state index in [0.717, 1.165) is 22.3 Å². The van der Waals surface area contributed by atoms with Crippen LogP contribution in [0.4, 0.5) is 0 Å². The fourth-order valence-electron chi connectivity index (χ4n) is 4.61. The Kier molecular flexibility index (Phi) is 5.22. The standard InChI is InChI=1S/C27H22ClNO4/c1-15-11-16(2)25-20(12-15)24(30)22-23(17-8-6-9-19(13-17)32-3)29(27(31)26(22)33-25)14-18-7-4-5-10-21(18)28/h4-13,23H,14H2,1-3H3. The van der Waals surface area contributed by atoms with E-state index in [1.54, 1.807) is 18.1 Å². The van der Waals surface area contributed by atoms with Gasteiger partial charge in [0.1, 0.15) is 11.3 Å². The summed E-state index contributed by atoms with van der Waals surface area (Å²) in [7, 11) is 1.59. The number of fused-ring (bicyclic) bond motifs is 2. The topological polar surface area (TPSA) is 59.8 Å². The summed E-state index contributed by atoms with van der Waals surface area (Å²) >= 11 is 6.41. The maximum atomic E-state index is 13.8. The number of benzene rings is 3. The molecule has 1 aliphatic heterocycles. The van der Waals surface area contributed by atoms with Crippen molar-refractivity contribution in [3.8, 4) is 5.75 Å². The average molecular weight is 460 g/mol. The molecule has 1 amide bonds. The van der Waals surface area contributed by atoms with Gasteiger partial charge in [-0.2, -0.15) is 0 Å². The smallest absolute Gasteiger partial charge is 0.291 e. The number of amides is 1. The second-order valence-electron chi connectivity index (χ2n) is 8.34. The molecule has 1 aliphatic rings. The molecule has 0 N–H and O–H groups in total. The van der Waals surface area contributed by atoms with Crippen molar-refractivity contribution < 1.29 is 13.9 Å².